The number of hydrogen-bond donors (Lipinski definition) is 1. The summed E-state index contributed by atoms with van der Waals surface area (Å²) in [5.74, 6) is 0.0356. The van der Waals surface area contributed by atoms with Gasteiger partial charge >= 0.3 is 0 Å². The van der Waals surface area contributed by atoms with E-state index < -0.39 is 10.0 Å². The van der Waals surface area contributed by atoms with Crippen molar-refractivity contribution in [1.29, 1.82) is 0 Å². The van der Waals surface area contributed by atoms with Crippen LogP contribution in [0.5, 0.6) is 5.75 Å². The van der Waals surface area contributed by atoms with Crippen LogP contribution in [0.25, 0.3) is 0 Å². The van der Waals surface area contributed by atoms with E-state index >= 15 is 0 Å². The average Bonchev–Trinajstić information content (AvgIpc) is 2.37. The Kier molecular flexibility index (Phi) is 6.35. The molecule has 1 rings (SSSR count). The number of benzene rings is 1. The van der Waals surface area contributed by atoms with Gasteiger partial charge in [-0.15, -0.1) is 0 Å². The minimum Gasteiger partial charge on any atom is -0.494 e. The number of ether oxygens (including phenoxy) is 2. The van der Waals surface area contributed by atoms with Crippen molar-refractivity contribution in [1.82, 2.24) is 4.72 Å². The van der Waals surface area contributed by atoms with E-state index in [-0.39, 0.29) is 27.2 Å². The highest BCUT2D eigenvalue weighted by Crippen LogP contribution is 2.37. The van der Waals surface area contributed by atoms with Crippen LogP contribution in [0, 0.1) is 0 Å². The van der Waals surface area contributed by atoms with Crippen LogP contribution in [0.3, 0.4) is 0 Å². The van der Waals surface area contributed by atoms with Gasteiger partial charge in [-0.3, -0.25) is 0 Å². The van der Waals surface area contributed by atoms with Gasteiger partial charge in [-0.1, -0.05) is 23.2 Å². The topological polar surface area (TPSA) is 64.6 Å². The molecule has 0 radical (unpaired) electrons. The van der Waals surface area contributed by atoms with Gasteiger partial charge in [0, 0.05) is 20.3 Å². The minimum absolute atomic E-state index is 0.0356. The molecular formula is C11H15Cl2NO4S. The maximum Gasteiger partial charge on any atom is 0.244 e. The van der Waals surface area contributed by atoms with E-state index in [0.717, 1.165) is 0 Å². The van der Waals surface area contributed by atoms with Crippen molar-refractivity contribution in [3.8, 4) is 5.75 Å². The summed E-state index contributed by atoms with van der Waals surface area (Å²) in [6.07, 6.45) is 0.569. The fourth-order valence-electron chi connectivity index (χ4n) is 1.42. The van der Waals surface area contributed by atoms with Gasteiger partial charge in [-0.2, -0.15) is 0 Å². The molecule has 0 spiro atoms. The molecule has 0 aliphatic rings. The van der Waals surface area contributed by atoms with Gasteiger partial charge in [-0.25, -0.2) is 13.1 Å². The van der Waals surface area contributed by atoms with Crippen LogP contribution in [0.4, 0.5) is 0 Å². The lowest BCUT2D eigenvalue weighted by atomic mass is 10.3. The van der Waals surface area contributed by atoms with Gasteiger partial charge in [0.15, 0.2) is 5.75 Å². The zero-order valence-corrected chi connectivity index (χ0v) is 12.9. The highest BCUT2D eigenvalue weighted by Gasteiger charge is 2.22. The summed E-state index contributed by atoms with van der Waals surface area (Å²) in [5.41, 5.74) is 0. The van der Waals surface area contributed by atoms with Crippen LogP contribution < -0.4 is 9.46 Å². The molecule has 0 atom stereocenters. The smallest absolute Gasteiger partial charge is 0.244 e. The second-order valence-corrected chi connectivity index (χ2v) is 6.16. The predicted octanol–water partition coefficient (Wildman–Crippen LogP) is 2.32. The predicted molar refractivity (Wildman–Crippen MR) is 74.7 cm³/mol. The maximum absolute atomic E-state index is 12.1. The van der Waals surface area contributed by atoms with Gasteiger partial charge in [0.05, 0.1) is 12.1 Å². The first-order chi connectivity index (χ1) is 8.94. The van der Waals surface area contributed by atoms with E-state index in [1.54, 1.807) is 7.11 Å². The molecule has 0 amide bonds. The Labute approximate surface area is 122 Å². The van der Waals surface area contributed by atoms with Gasteiger partial charge in [0.1, 0.15) is 9.92 Å². The number of halogens is 2. The van der Waals surface area contributed by atoms with Crippen molar-refractivity contribution in [2.75, 3.05) is 27.4 Å². The van der Waals surface area contributed by atoms with Gasteiger partial charge in [0.25, 0.3) is 0 Å². The average molecular weight is 328 g/mol. The van der Waals surface area contributed by atoms with Gasteiger partial charge < -0.3 is 9.47 Å². The van der Waals surface area contributed by atoms with E-state index in [1.807, 2.05) is 0 Å². The minimum atomic E-state index is -3.70. The van der Waals surface area contributed by atoms with Crippen molar-refractivity contribution in [3.05, 3.63) is 22.2 Å². The Morgan fingerprint density at radius 1 is 1.26 bits per heavy atom. The lowest BCUT2D eigenvalue weighted by molar-refractivity contribution is 0.196. The number of nitrogens with one attached hydrogen (secondary N) is 1. The molecule has 108 valence electrons. The summed E-state index contributed by atoms with van der Waals surface area (Å²) in [6, 6.07) is 2.77. The van der Waals surface area contributed by atoms with E-state index in [2.05, 4.69) is 4.72 Å². The first-order valence-corrected chi connectivity index (χ1v) is 7.68. The summed E-state index contributed by atoms with van der Waals surface area (Å²) in [4.78, 5) is -0.0400. The first-order valence-electron chi connectivity index (χ1n) is 5.44. The molecule has 0 bridgehead atoms. The van der Waals surface area contributed by atoms with Crippen LogP contribution in [-0.4, -0.2) is 35.8 Å². The van der Waals surface area contributed by atoms with Gasteiger partial charge in [-0.05, 0) is 18.6 Å². The molecule has 1 aromatic carbocycles. The van der Waals surface area contributed by atoms with Crippen LogP contribution in [0.2, 0.25) is 10.0 Å². The van der Waals surface area contributed by atoms with E-state index in [4.69, 9.17) is 32.7 Å². The SMILES string of the molecule is COCCCNS(=O)(=O)c1ccc(Cl)c(Cl)c1OC. The lowest BCUT2D eigenvalue weighted by Crippen LogP contribution is -2.26. The van der Waals surface area contributed by atoms with Crippen molar-refractivity contribution in [2.24, 2.45) is 0 Å². The van der Waals surface area contributed by atoms with Crippen molar-refractivity contribution < 1.29 is 17.9 Å². The molecule has 1 N–H and O–H groups in total. The first kappa shape index (κ1) is 16.5. The summed E-state index contributed by atoms with van der Waals surface area (Å²) in [7, 11) is -0.810. The molecule has 8 heteroatoms. The largest absolute Gasteiger partial charge is 0.494 e. The molecular weight excluding hydrogens is 313 g/mol. The third-order valence-electron chi connectivity index (χ3n) is 2.32. The Morgan fingerprint density at radius 2 is 1.95 bits per heavy atom. The molecule has 0 fully saturated rings. The van der Waals surface area contributed by atoms with Crippen LogP contribution >= 0.6 is 23.2 Å². The molecule has 0 saturated heterocycles. The Hall–Kier alpha value is -0.530. The second-order valence-electron chi connectivity index (χ2n) is 3.64. The van der Waals surface area contributed by atoms with Crippen molar-refractivity contribution >= 4 is 33.2 Å². The Balaban J connectivity index is 2.98. The molecule has 0 aromatic heterocycles. The molecule has 19 heavy (non-hydrogen) atoms. The highest BCUT2D eigenvalue weighted by atomic mass is 35.5. The second kappa shape index (κ2) is 7.31. The number of sulfonamides is 1. The van der Waals surface area contributed by atoms with E-state index in [9.17, 15) is 8.42 Å². The third kappa shape index (κ3) is 4.22. The van der Waals surface area contributed by atoms with Crippen LogP contribution in [-0.2, 0) is 14.8 Å². The fraction of sp³-hybridized carbons (Fsp3) is 0.455. The third-order valence-corrected chi connectivity index (χ3v) is 4.60. The standard InChI is InChI=1S/C11H15Cl2NO4S/c1-17-7-3-6-14-19(15,16)9-5-4-8(12)10(13)11(9)18-2/h4-5,14H,3,6-7H2,1-2H3. The van der Waals surface area contributed by atoms with Crippen LogP contribution in [0.1, 0.15) is 6.42 Å². The Bertz CT molecular complexity index is 534. The summed E-state index contributed by atoms with van der Waals surface area (Å²) in [6.45, 7) is 0.737. The highest BCUT2D eigenvalue weighted by molar-refractivity contribution is 7.89. The summed E-state index contributed by atoms with van der Waals surface area (Å²) in [5, 5.41) is 0.306. The molecule has 0 aliphatic heterocycles. The van der Waals surface area contributed by atoms with Crippen molar-refractivity contribution in [3.63, 3.8) is 0 Å². The van der Waals surface area contributed by atoms with E-state index in [0.29, 0.717) is 13.0 Å². The maximum atomic E-state index is 12.1. The monoisotopic (exact) mass is 327 g/mol. The zero-order valence-electron chi connectivity index (χ0n) is 10.6. The van der Waals surface area contributed by atoms with Gasteiger partial charge in [0.2, 0.25) is 10.0 Å². The molecule has 0 aliphatic carbocycles. The van der Waals surface area contributed by atoms with E-state index in [1.165, 1.54) is 19.2 Å². The Morgan fingerprint density at radius 3 is 2.53 bits per heavy atom. The lowest BCUT2D eigenvalue weighted by Gasteiger charge is -2.12. The van der Waals surface area contributed by atoms with Crippen LogP contribution in [0.15, 0.2) is 17.0 Å². The molecule has 0 unspecified atom stereocenters. The number of hydrogen-bond acceptors (Lipinski definition) is 4. The molecule has 1 aromatic rings. The number of methoxy groups -OCH3 is 2. The molecule has 0 saturated carbocycles. The molecule has 5 nitrogen and oxygen atoms in total. The van der Waals surface area contributed by atoms with Crippen molar-refractivity contribution in [2.45, 2.75) is 11.3 Å². The summed E-state index contributed by atoms with van der Waals surface area (Å²) < 4.78 is 36.5. The fourth-order valence-corrected chi connectivity index (χ4v) is 3.11. The summed E-state index contributed by atoms with van der Waals surface area (Å²) >= 11 is 11.7. The zero-order chi connectivity index (χ0) is 14.5. The molecule has 0 heterocycles. The quantitative estimate of drug-likeness (QED) is 0.780. The normalized spacial score (nSPS) is 11.6. The number of rotatable bonds is 7.